The van der Waals surface area contributed by atoms with Gasteiger partial charge in [0.25, 0.3) is 0 Å². The number of carbonyl (C=O) groups excluding carboxylic acids is 1. The second-order valence-corrected chi connectivity index (χ2v) is 6.04. The van der Waals surface area contributed by atoms with E-state index in [4.69, 9.17) is 0 Å². The molecule has 2 bridgehead atoms. The van der Waals surface area contributed by atoms with E-state index in [1.54, 1.807) is 0 Å². The Balaban J connectivity index is 0.00000161. The number of fused-ring (bicyclic) bond motifs is 2. The molecule has 1 amide bonds. The molecule has 2 saturated heterocycles. The van der Waals surface area contributed by atoms with Gasteiger partial charge in [0.1, 0.15) is 0 Å². The monoisotopic (exact) mass is 309 g/mol. The Morgan fingerprint density at radius 1 is 1.24 bits per heavy atom. The van der Waals surface area contributed by atoms with E-state index in [1.165, 1.54) is 38.3 Å². The fourth-order valence-corrected chi connectivity index (χ4v) is 3.31. The van der Waals surface area contributed by atoms with Gasteiger partial charge in [0.05, 0.1) is 0 Å². The van der Waals surface area contributed by atoms with Crippen LogP contribution in [0, 0.1) is 0 Å². The second-order valence-electron chi connectivity index (χ2n) is 6.04. The molecule has 2 N–H and O–H groups in total. The maximum atomic E-state index is 11.0. The quantitative estimate of drug-likeness (QED) is 0.901. The van der Waals surface area contributed by atoms with Crippen LogP contribution in [-0.4, -0.2) is 36.0 Å². The first-order valence-corrected chi connectivity index (χ1v) is 7.54. The summed E-state index contributed by atoms with van der Waals surface area (Å²) in [6.45, 7) is 4.88. The van der Waals surface area contributed by atoms with Gasteiger partial charge in [-0.1, -0.05) is 12.1 Å². The van der Waals surface area contributed by atoms with Crippen LogP contribution in [0.15, 0.2) is 24.3 Å². The third kappa shape index (κ3) is 4.43. The summed E-state index contributed by atoms with van der Waals surface area (Å²) in [5.74, 6) is -0.0210. The number of nitrogens with one attached hydrogen (secondary N) is 2. The lowest BCUT2D eigenvalue weighted by Crippen LogP contribution is -2.34. The van der Waals surface area contributed by atoms with Crippen LogP contribution in [0.1, 0.15) is 31.7 Å². The summed E-state index contributed by atoms with van der Waals surface area (Å²) in [5, 5.41) is 6.52. The van der Waals surface area contributed by atoms with Crippen LogP contribution < -0.4 is 10.6 Å². The molecule has 2 heterocycles. The smallest absolute Gasteiger partial charge is 0.221 e. The molecule has 2 aliphatic rings. The molecule has 1 aromatic rings. The third-order valence-corrected chi connectivity index (χ3v) is 4.29. The Hall–Kier alpha value is -1.10. The Morgan fingerprint density at radius 2 is 1.95 bits per heavy atom. The number of rotatable bonds is 3. The third-order valence-electron chi connectivity index (χ3n) is 4.29. The van der Waals surface area contributed by atoms with E-state index in [-0.39, 0.29) is 18.3 Å². The Labute approximate surface area is 132 Å². The molecule has 0 spiro atoms. The van der Waals surface area contributed by atoms with Crippen LogP contribution in [0.3, 0.4) is 0 Å². The number of benzene rings is 1. The number of hydrogen-bond donors (Lipinski definition) is 2. The number of nitrogens with zero attached hydrogens (tertiary/aromatic N) is 1. The molecule has 1 aromatic carbocycles. The van der Waals surface area contributed by atoms with Crippen molar-refractivity contribution in [1.82, 2.24) is 10.2 Å². The van der Waals surface area contributed by atoms with Gasteiger partial charge in [0.15, 0.2) is 0 Å². The number of hydrogen-bond acceptors (Lipinski definition) is 3. The molecular weight excluding hydrogens is 286 g/mol. The summed E-state index contributed by atoms with van der Waals surface area (Å²) >= 11 is 0. The van der Waals surface area contributed by atoms with Crippen molar-refractivity contribution in [2.24, 2.45) is 0 Å². The highest BCUT2D eigenvalue weighted by Crippen LogP contribution is 2.21. The van der Waals surface area contributed by atoms with Gasteiger partial charge in [0.2, 0.25) is 5.91 Å². The van der Waals surface area contributed by atoms with Gasteiger partial charge in [-0.3, -0.25) is 9.69 Å². The van der Waals surface area contributed by atoms with Crippen molar-refractivity contribution in [2.45, 2.75) is 44.8 Å². The summed E-state index contributed by atoms with van der Waals surface area (Å²) in [4.78, 5) is 13.5. The zero-order valence-corrected chi connectivity index (χ0v) is 13.3. The van der Waals surface area contributed by atoms with Gasteiger partial charge in [0, 0.05) is 44.3 Å². The van der Waals surface area contributed by atoms with Crippen LogP contribution in [0.4, 0.5) is 5.69 Å². The molecule has 0 saturated carbocycles. The molecule has 116 valence electrons. The van der Waals surface area contributed by atoms with Crippen molar-refractivity contribution in [3.8, 4) is 0 Å². The highest BCUT2D eigenvalue weighted by molar-refractivity contribution is 5.88. The van der Waals surface area contributed by atoms with Gasteiger partial charge in [-0.2, -0.15) is 0 Å². The summed E-state index contributed by atoms with van der Waals surface area (Å²) in [5.41, 5.74) is 2.19. The summed E-state index contributed by atoms with van der Waals surface area (Å²) in [7, 11) is 0. The van der Waals surface area contributed by atoms with Crippen molar-refractivity contribution in [3.05, 3.63) is 29.8 Å². The first-order chi connectivity index (χ1) is 9.69. The van der Waals surface area contributed by atoms with E-state index < -0.39 is 0 Å². The van der Waals surface area contributed by atoms with Crippen LogP contribution in [0.5, 0.6) is 0 Å². The van der Waals surface area contributed by atoms with E-state index >= 15 is 0 Å². The molecule has 3 rings (SSSR count). The van der Waals surface area contributed by atoms with Gasteiger partial charge in [-0.05, 0) is 37.0 Å². The number of anilines is 1. The lowest BCUT2D eigenvalue weighted by atomic mass is 10.1. The predicted molar refractivity (Wildman–Crippen MR) is 87.8 cm³/mol. The van der Waals surface area contributed by atoms with E-state index in [2.05, 4.69) is 27.7 Å². The minimum atomic E-state index is -0.0210. The average Bonchev–Trinajstić information content (AvgIpc) is 2.74. The second kappa shape index (κ2) is 7.25. The van der Waals surface area contributed by atoms with E-state index in [0.29, 0.717) is 6.04 Å². The van der Waals surface area contributed by atoms with Crippen LogP contribution in [0.25, 0.3) is 0 Å². The fourth-order valence-electron chi connectivity index (χ4n) is 3.31. The van der Waals surface area contributed by atoms with E-state index in [1.807, 2.05) is 12.1 Å². The zero-order chi connectivity index (χ0) is 13.9. The molecule has 5 heteroatoms. The van der Waals surface area contributed by atoms with Crippen molar-refractivity contribution in [2.75, 3.05) is 18.4 Å². The molecule has 0 aliphatic carbocycles. The van der Waals surface area contributed by atoms with Crippen molar-refractivity contribution < 1.29 is 4.79 Å². The van der Waals surface area contributed by atoms with Crippen molar-refractivity contribution >= 4 is 24.0 Å². The molecule has 0 aromatic heterocycles. The molecule has 2 fully saturated rings. The average molecular weight is 310 g/mol. The Kier molecular flexibility index (Phi) is 5.62. The first-order valence-electron chi connectivity index (χ1n) is 7.54. The molecule has 0 radical (unpaired) electrons. The molecular formula is C16H24ClN3O. The number of halogens is 1. The van der Waals surface area contributed by atoms with Crippen molar-refractivity contribution in [3.63, 3.8) is 0 Å². The Morgan fingerprint density at radius 3 is 2.67 bits per heavy atom. The largest absolute Gasteiger partial charge is 0.326 e. The fraction of sp³-hybridized carbons (Fsp3) is 0.562. The maximum absolute atomic E-state index is 11.0. The predicted octanol–water partition coefficient (Wildman–Crippen LogP) is 2.39. The first kappa shape index (κ1) is 16.3. The summed E-state index contributed by atoms with van der Waals surface area (Å²) < 4.78 is 0. The minimum Gasteiger partial charge on any atom is -0.326 e. The van der Waals surface area contributed by atoms with Crippen LogP contribution in [0.2, 0.25) is 0 Å². The molecule has 4 nitrogen and oxygen atoms in total. The molecule has 2 aliphatic heterocycles. The van der Waals surface area contributed by atoms with Crippen molar-refractivity contribution in [1.29, 1.82) is 0 Å². The number of likely N-dealkylation sites (tertiary alicyclic amines) is 1. The molecule has 21 heavy (non-hydrogen) atoms. The minimum absolute atomic E-state index is 0. The van der Waals surface area contributed by atoms with Gasteiger partial charge in [-0.15, -0.1) is 12.4 Å². The van der Waals surface area contributed by atoms with Gasteiger partial charge >= 0.3 is 0 Å². The maximum Gasteiger partial charge on any atom is 0.221 e. The summed E-state index contributed by atoms with van der Waals surface area (Å²) in [6.07, 6.45) is 3.94. The SMILES string of the molecule is CC(=O)Nc1ccc(CN2CCC3CCC(C2)N3)cc1.Cl. The number of carbonyl (C=O) groups is 1. The van der Waals surface area contributed by atoms with E-state index in [9.17, 15) is 4.79 Å². The molecule has 2 unspecified atom stereocenters. The lowest BCUT2D eigenvalue weighted by molar-refractivity contribution is -0.114. The van der Waals surface area contributed by atoms with Gasteiger partial charge in [-0.25, -0.2) is 0 Å². The Bertz CT molecular complexity index is 477. The normalized spacial score (nSPS) is 25.0. The summed E-state index contributed by atoms with van der Waals surface area (Å²) in [6, 6.07) is 9.62. The topological polar surface area (TPSA) is 44.4 Å². The van der Waals surface area contributed by atoms with E-state index in [0.717, 1.165) is 24.8 Å². The van der Waals surface area contributed by atoms with Gasteiger partial charge < -0.3 is 10.6 Å². The molecule has 2 atom stereocenters. The van der Waals surface area contributed by atoms with Crippen LogP contribution in [-0.2, 0) is 11.3 Å². The zero-order valence-electron chi connectivity index (χ0n) is 12.5. The lowest BCUT2D eigenvalue weighted by Gasteiger charge is -2.24. The standard InChI is InChI=1S/C16H23N3O.ClH/c1-12(20)17-14-4-2-13(3-5-14)10-19-9-8-15-6-7-16(11-19)18-15;/h2-5,15-16,18H,6-11H2,1H3,(H,17,20);1H. The highest BCUT2D eigenvalue weighted by Gasteiger charge is 2.28. The van der Waals surface area contributed by atoms with Crippen LogP contribution >= 0.6 is 12.4 Å². The number of amides is 1. The highest BCUT2D eigenvalue weighted by atomic mass is 35.5.